The average molecular weight is 398 g/mol. The van der Waals surface area contributed by atoms with Gasteiger partial charge in [-0.1, -0.05) is 50.3 Å². The molecule has 1 aliphatic carbocycles. The molecule has 1 saturated carbocycles. The van der Waals surface area contributed by atoms with E-state index in [4.69, 9.17) is 9.47 Å². The van der Waals surface area contributed by atoms with Crippen LogP contribution in [0, 0.1) is 5.92 Å². The van der Waals surface area contributed by atoms with Crippen LogP contribution in [0.4, 0.5) is 0 Å². The van der Waals surface area contributed by atoms with Gasteiger partial charge in [-0.3, -0.25) is 0 Å². The quantitative estimate of drug-likeness (QED) is 0.478. The summed E-state index contributed by atoms with van der Waals surface area (Å²) in [5, 5.41) is 13.0. The third kappa shape index (κ3) is 7.62. The van der Waals surface area contributed by atoms with E-state index in [1.54, 1.807) is 24.3 Å². The van der Waals surface area contributed by atoms with Crippen molar-refractivity contribution < 1.29 is 14.6 Å². The van der Waals surface area contributed by atoms with Crippen molar-refractivity contribution in [2.45, 2.75) is 64.5 Å². The van der Waals surface area contributed by atoms with E-state index in [2.05, 4.69) is 24.4 Å². The molecule has 0 aliphatic heterocycles. The molecule has 1 aliphatic rings. The molecule has 0 saturated heterocycles. The molecule has 1 atom stereocenters. The molecule has 3 rings (SSSR count). The van der Waals surface area contributed by atoms with Gasteiger partial charge in [-0.15, -0.1) is 0 Å². The topological polar surface area (TPSA) is 50.7 Å². The van der Waals surface area contributed by atoms with E-state index in [1.807, 2.05) is 12.1 Å². The molecular formula is C25H35NO3. The summed E-state index contributed by atoms with van der Waals surface area (Å²) in [5.74, 6) is 2.86. The standard InChI is InChI=1S/C25H35NO3/c1-20(18-21-8-3-2-4-9-21)26-19-22-10-5-6-11-25(22)29-17-7-16-28-24-14-12-23(27)13-15-24/h5-6,10-15,20-21,26-27H,2-4,7-9,16-19H2,1H3. The second-order valence-electron chi connectivity index (χ2n) is 8.17. The Hall–Kier alpha value is -2.20. The molecule has 2 aromatic carbocycles. The number of phenolic OH excluding ortho intramolecular Hbond substituents is 1. The number of phenols is 1. The number of aromatic hydroxyl groups is 1. The highest BCUT2D eigenvalue weighted by Crippen LogP contribution is 2.27. The zero-order valence-electron chi connectivity index (χ0n) is 17.6. The van der Waals surface area contributed by atoms with Gasteiger partial charge >= 0.3 is 0 Å². The Balaban J connectivity index is 1.37. The van der Waals surface area contributed by atoms with Crippen LogP contribution in [0.3, 0.4) is 0 Å². The van der Waals surface area contributed by atoms with Crippen LogP contribution < -0.4 is 14.8 Å². The van der Waals surface area contributed by atoms with E-state index >= 15 is 0 Å². The first kappa shape index (κ1) is 21.5. The zero-order chi connectivity index (χ0) is 20.3. The zero-order valence-corrected chi connectivity index (χ0v) is 17.6. The predicted octanol–water partition coefficient (Wildman–Crippen LogP) is 5.69. The first-order chi connectivity index (χ1) is 14.2. The average Bonchev–Trinajstić information content (AvgIpc) is 2.75. The van der Waals surface area contributed by atoms with Crippen LogP contribution in [0.25, 0.3) is 0 Å². The predicted molar refractivity (Wildman–Crippen MR) is 118 cm³/mol. The van der Waals surface area contributed by atoms with Crippen molar-refractivity contribution in [3.8, 4) is 17.2 Å². The van der Waals surface area contributed by atoms with E-state index < -0.39 is 0 Å². The Morgan fingerprint density at radius 3 is 2.48 bits per heavy atom. The summed E-state index contributed by atoms with van der Waals surface area (Å²) in [6.07, 6.45) is 9.12. The Morgan fingerprint density at radius 2 is 1.69 bits per heavy atom. The number of nitrogens with one attached hydrogen (secondary N) is 1. The van der Waals surface area contributed by atoms with Gasteiger partial charge in [0.1, 0.15) is 17.2 Å². The smallest absolute Gasteiger partial charge is 0.123 e. The highest BCUT2D eigenvalue weighted by atomic mass is 16.5. The van der Waals surface area contributed by atoms with E-state index in [1.165, 1.54) is 44.1 Å². The summed E-state index contributed by atoms with van der Waals surface area (Å²) in [7, 11) is 0. The number of rotatable bonds is 11. The molecule has 0 radical (unpaired) electrons. The molecule has 0 amide bonds. The van der Waals surface area contributed by atoms with Gasteiger partial charge in [0.15, 0.2) is 0 Å². The van der Waals surface area contributed by atoms with Crippen molar-refractivity contribution in [3.05, 3.63) is 54.1 Å². The van der Waals surface area contributed by atoms with Crippen molar-refractivity contribution >= 4 is 0 Å². The lowest BCUT2D eigenvalue weighted by Gasteiger charge is -2.25. The normalized spacial score (nSPS) is 15.8. The van der Waals surface area contributed by atoms with Gasteiger partial charge in [-0.2, -0.15) is 0 Å². The van der Waals surface area contributed by atoms with Crippen molar-refractivity contribution in [1.82, 2.24) is 5.32 Å². The fraction of sp³-hybridized carbons (Fsp3) is 0.520. The monoisotopic (exact) mass is 397 g/mol. The third-order valence-corrected chi connectivity index (χ3v) is 5.68. The molecule has 1 fully saturated rings. The molecular weight excluding hydrogens is 362 g/mol. The molecule has 4 nitrogen and oxygen atoms in total. The second-order valence-corrected chi connectivity index (χ2v) is 8.17. The Bertz CT molecular complexity index is 710. The molecule has 2 aromatic rings. The first-order valence-corrected chi connectivity index (χ1v) is 11.1. The van der Waals surface area contributed by atoms with E-state index in [0.717, 1.165) is 30.4 Å². The highest BCUT2D eigenvalue weighted by molar-refractivity contribution is 5.33. The summed E-state index contributed by atoms with van der Waals surface area (Å²) in [6.45, 7) is 4.35. The van der Waals surface area contributed by atoms with Crippen LogP contribution in [0.5, 0.6) is 17.2 Å². The van der Waals surface area contributed by atoms with E-state index in [-0.39, 0.29) is 5.75 Å². The second kappa shape index (κ2) is 11.7. The summed E-state index contributed by atoms with van der Waals surface area (Å²) < 4.78 is 11.7. The number of benzene rings is 2. The minimum Gasteiger partial charge on any atom is -0.508 e. The Morgan fingerprint density at radius 1 is 0.966 bits per heavy atom. The van der Waals surface area contributed by atoms with Gasteiger partial charge in [0.2, 0.25) is 0 Å². The van der Waals surface area contributed by atoms with Gasteiger partial charge in [0.05, 0.1) is 13.2 Å². The highest BCUT2D eigenvalue weighted by Gasteiger charge is 2.16. The molecule has 0 heterocycles. The van der Waals surface area contributed by atoms with E-state index in [0.29, 0.717) is 19.3 Å². The SMILES string of the molecule is CC(CC1CCCCC1)NCc1ccccc1OCCCOc1ccc(O)cc1. The lowest BCUT2D eigenvalue weighted by atomic mass is 9.85. The van der Waals surface area contributed by atoms with Crippen LogP contribution in [-0.2, 0) is 6.54 Å². The minimum atomic E-state index is 0.249. The van der Waals surface area contributed by atoms with E-state index in [9.17, 15) is 5.11 Å². The Labute approximate surface area is 175 Å². The summed E-state index contributed by atoms with van der Waals surface area (Å²) in [5.41, 5.74) is 1.21. The molecule has 158 valence electrons. The molecule has 2 N–H and O–H groups in total. The fourth-order valence-electron chi connectivity index (χ4n) is 4.05. The number of para-hydroxylation sites is 1. The van der Waals surface area contributed by atoms with Gasteiger partial charge < -0.3 is 19.9 Å². The molecule has 4 heteroatoms. The molecule has 29 heavy (non-hydrogen) atoms. The van der Waals surface area contributed by atoms with Gasteiger partial charge in [-0.25, -0.2) is 0 Å². The molecule has 0 aromatic heterocycles. The molecule has 0 bridgehead atoms. The molecule has 0 spiro atoms. The summed E-state index contributed by atoms with van der Waals surface area (Å²) >= 11 is 0. The lowest BCUT2D eigenvalue weighted by Crippen LogP contribution is -2.28. The molecule has 1 unspecified atom stereocenters. The third-order valence-electron chi connectivity index (χ3n) is 5.68. The summed E-state index contributed by atoms with van der Waals surface area (Å²) in [4.78, 5) is 0. The number of hydrogen-bond acceptors (Lipinski definition) is 4. The summed E-state index contributed by atoms with van der Waals surface area (Å²) in [6, 6.07) is 15.6. The Kier molecular flexibility index (Phi) is 8.69. The minimum absolute atomic E-state index is 0.249. The van der Waals surface area contributed by atoms with Crippen LogP contribution in [0.1, 0.15) is 57.4 Å². The van der Waals surface area contributed by atoms with Crippen molar-refractivity contribution in [2.75, 3.05) is 13.2 Å². The van der Waals surface area contributed by atoms with Gasteiger partial charge in [0, 0.05) is 24.6 Å². The maximum absolute atomic E-state index is 9.30. The lowest BCUT2D eigenvalue weighted by molar-refractivity contribution is 0.245. The number of ether oxygens (including phenoxy) is 2. The van der Waals surface area contributed by atoms with Crippen LogP contribution in [0.15, 0.2) is 48.5 Å². The maximum Gasteiger partial charge on any atom is 0.123 e. The number of hydrogen-bond donors (Lipinski definition) is 2. The first-order valence-electron chi connectivity index (χ1n) is 11.1. The van der Waals surface area contributed by atoms with Gasteiger partial charge in [-0.05, 0) is 49.6 Å². The van der Waals surface area contributed by atoms with Crippen molar-refractivity contribution in [3.63, 3.8) is 0 Å². The van der Waals surface area contributed by atoms with Crippen molar-refractivity contribution in [2.24, 2.45) is 5.92 Å². The van der Waals surface area contributed by atoms with Crippen LogP contribution in [0.2, 0.25) is 0 Å². The largest absolute Gasteiger partial charge is 0.508 e. The van der Waals surface area contributed by atoms with Crippen molar-refractivity contribution in [1.29, 1.82) is 0 Å². The maximum atomic E-state index is 9.30. The fourth-order valence-corrected chi connectivity index (χ4v) is 4.05. The van der Waals surface area contributed by atoms with Gasteiger partial charge in [0.25, 0.3) is 0 Å². The van der Waals surface area contributed by atoms with Crippen LogP contribution >= 0.6 is 0 Å². The van der Waals surface area contributed by atoms with Crippen LogP contribution in [-0.4, -0.2) is 24.4 Å².